The van der Waals surface area contributed by atoms with Crippen LogP contribution in [-0.4, -0.2) is 22.8 Å². The third kappa shape index (κ3) is 4.29. The summed E-state index contributed by atoms with van der Waals surface area (Å²) in [4.78, 5) is 27.6. The van der Waals surface area contributed by atoms with E-state index in [0.717, 1.165) is 10.0 Å². The van der Waals surface area contributed by atoms with Crippen molar-refractivity contribution in [3.63, 3.8) is 0 Å². The van der Waals surface area contributed by atoms with Gasteiger partial charge in [-0.2, -0.15) is 0 Å². The van der Waals surface area contributed by atoms with E-state index in [9.17, 15) is 9.59 Å². The number of nitrogens with zero attached hydrogens (tertiary/aromatic N) is 1. The fourth-order valence-corrected chi connectivity index (χ4v) is 2.48. The van der Waals surface area contributed by atoms with Crippen LogP contribution in [0.15, 0.2) is 47.2 Å². The van der Waals surface area contributed by atoms with Crippen LogP contribution >= 0.6 is 27.5 Å². The first kappa shape index (κ1) is 16.5. The lowest BCUT2D eigenvalue weighted by Crippen LogP contribution is -2.45. The Kier molecular flexibility index (Phi) is 5.51. The van der Waals surface area contributed by atoms with Crippen molar-refractivity contribution >= 4 is 39.3 Å². The van der Waals surface area contributed by atoms with Gasteiger partial charge in [0.1, 0.15) is 6.04 Å². The van der Waals surface area contributed by atoms with Crippen LogP contribution in [0.25, 0.3) is 0 Å². The zero-order chi connectivity index (χ0) is 16.1. The molecule has 22 heavy (non-hydrogen) atoms. The maximum atomic E-state index is 12.1. The molecule has 1 heterocycles. The molecule has 0 radical (unpaired) electrons. The summed E-state index contributed by atoms with van der Waals surface area (Å²) in [5.41, 5.74) is 6.52. The summed E-state index contributed by atoms with van der Waals surface area (Å²) in [5.74, 6) is -1.03. The number of carbonyl (C=O) groups is 2. The Balaban J connectivity index is 2.15. The highest BCUT2D eigenvalue weighted by molar-refractivity contribution is 9.10. The molecule has 0 aliphatic carbocycles. The van der Waals surface area contributed by atoms with E-state index < -0.39 is 17.9 Å². The van der Waals surface area contributed by atoms with Crippen LogP contribution in [0.5, 0.6) is 0 Å². The number of pyridine rings is 1. The van der Waals surface area contributed by atoms with E-state index in [0.29, 0.717) is 10.6 Å². The highest BCUT2D eigenvalue weighted by Gasteiger charge is 2.20. The summed E-state index contributed by atoms with van der Waals surface area (Å²) < 4.78 is 0.791. The molecule has 0 saturated carbocycles. The van der Waals surface area contributed by atoms with Gasteiger partial charge >= 0.3 is 0 Å². The van der Waals surface area contributed by atoms with Gasteiger partial charge in [-0.25, -0.2) is 0 Å². The predicted octanol–water partition coefficient (Wildman–Crippen LogP) is 2.32. The summed E-state index contributed by atoms with van der Waals surface area (Å²) in [6.45, 7) is 0. The van der Waals surface area contributed by atoms with E-state index in [1.165, 1.54) is 6.20 Å². The van der Waals surface area contributed by atoms with E-state index in [1.54, 1.807) is 36.5 Å². The van der Waals surface area contributed by atoms with Gasteiger partial charge in [-0.05, 0) is 35.9 Å². The molecule has 2 amide bonds. The van der Waals surface area contributed by atoms with Crippen molar-refractivity contribution in [1.82, 2.24) is 10.3 Å². The monoisotopic (exact) mass is 381 g/mol. The lowest BCUT2D eigenvalue weighted by Gasteiger charge is -2.16. The molecule has 0 aliphatic rings. The molecule has 7 heteroatoms. The Labute approximate surface area is 141 Å². The number of carbonyl (C=O) groups excluding carboxylic acids is 2. The van der Waals surface area contributed by atoms with E-state index in [2.05, 4.69) is 26.2 Å². The van der Waals surface area contributed by atoms with Crippen LogP contribution in [0.1, 0.15) is 15.9 Å². The molecule has 0 bridgehead atoms. The van der Waals surface area contributed by atoms with Gasteiger partial charge < -0.3 is 11.1 Å². The molecule has 1 atom stereocenters. The lowest BCUT2D eigenvalue weighted by molar-refractivity contribution is -0.119. The van der Waals surface area contributed by atoms with Gasteiger partial charge in [0.15, 0.2) is 0 Å². The average Bonchev–Trinajstić information content (AvgIpc) is 2.50. The predicted molar refractivity (Wildman–Crippen MR) is 87.5 cm³/mol. The molecule has 2 aromatic rings. The highest BCUT2D eigenvalue weighted by atomic mass is 79.9. The van der Waals surface area contributed by atoms with E-state index in [1.807, 2.05) is 0 Å². The minimum atomic E-state index is -0.845. The molecular weight excluding hydrogens is 370 g/mol. The van der Waals surface area contributed by atoms with E-state index in [-0.39, 0.29) is 6.42 Å². The largest absolute Gasteiger partial charge is 0.368 e. The van der Waals surface area contributed by atoms with Crippen LogP contribution in [0.2, 0.25) is 5.02 Å². The molecule has 0 saturated heterocycles. The highest BCUT2D eigenvalue weighted by Crippen LogP contribution is 2.22. The number of benzene rings is 1. The van der Waals surface area contributed by atoms with Crippen LogP contribution in [0.4, 0.5) is 0 Å². The van der Waals surface area contributed by atoms with Crippen LogP contribution in [0, 0.1) is 0 Å². The zero-order valence-corrected chi connectivity index (χ0v) is 13.8. The van der Waals surface area contributed by atoms with Crippen molar-refractivity contribution in [1.29, 1.82) is 0 Å². The van der Waals surface area contributed by atoms with Crippen LogP contribution in [-0.2, 0) is 11.2 Å². The SMILES string of the molecule is NC(=O)[C@@H](Cc1cc(Cl)ccc1Br)NC(=O)c1cccnc1. The number of nitrogens with two attached hydrogens (primary N) is 1. The Hall–Kier alpha value is -1.92. The second-order valence-electron chi connectivity index (χ2n) is 4.61. The molecule has 2 rings (SSSR count). The quantitative estimate of drug-likeness (QED) is 0.832. The first-order valence-electron chi connectivity index (χ1n) is 6.41. The lowest BCUT2D eigenvalue weighted by atomic mass is 10.0. The van der Waals surface area contributed by atoms with E-state index >= 15 is 0 Å². The topological polar surface area (TPSA) is 85.1 Å². The molecule has 0 unspecified atom stereocenters. The number of primary amides is 1. The van der Waals surface area contributed by atoms with Crippen molar-refractivity contribution in [3.8, 4) is 0 Å². The second-order valence-corrected chi connectivity index (χ2v) is 5.90. The Morgan fingerprint density at radius 3 is 2.77 bits per heavy atom. The van der Waals surface area contributed by atoms with Crippen molar-refractivity contribution in [2.24, 2.45) is 5.73 Å². The van der Waals surface area contributed by atoms with Crippen molar-refractivity contribution in [3.05, 3.63) is 63.3 Å². The summed E-state index contributed by atoms with van der Waals surface area (Å²) in [6, 6.07) is 7.62. The van der Waals surface area contributed by atoms with E-state index in [4.69, 9.17) is 17.3 Å². The molecule has 3 N–H and O–H groups in total. The van der Waals surface area contributed by atoms with Gasteiger partial charge in [0.2, 0.25) is 5.91 Å². The normalized spacial score (nSPS) is 11.7. The van der Waals surface area contributed by atoms with Crippen LogP contribution < -0.4 is 11.1 Å². The molecular formula is C15H13BrClN3O2. The number of rotatable bonds is 5. The minimum absolute atomic E-state index is 0.239. The van der Waals surface area contributed by atoms with Gasteiger partial charge in [-0.3, -0.25) is 14.6 Å². The number of hydrogen-bond donors (Lipinski definition) is 2. The van der Waals surface area contributed by atoms with Crippen LogP contribution in [0.3, 0.4) is 0 Å². The van der Waals surface area contributed by atoms with Gasteiger partial charge in [0.05, 0.1) is 5.56 Å². The number of amides is 2. The molecule has 0 fully saturated rings. The fourth-order valence-electron chi connectivity index (χ4n) is 1.88. The summed E-state index contributed by atoms with van der Waals surface area (Å²) in [5, 5.41) is 3.15. The summed E-state index contributed by atoms with van der Waals surface area (Å²) in [6.07, 6.45) is 3.22. The number of nitrogens with one attached hydrogen (secondary N) is 1. The molecule has 0 aliphatic heterocycles. The fraction of sp³-hybridized carbons (Fsp3) is 0.133. The van der Waals surface area contributed by atoms with Gasteiger partial charge in [0.25, 0.3) is 5.91 Å². The Morgan fingerprint density at radius 2 is 2.14 bits per heavy atom. The first-order chi connectivity index (χ1) is 10.5. The summed E-state index contributed by atoms with van der Waals surface area (Å²) in [7, 11) is 0. The number of hydrogen-bond acceptors (Lipinski definition) is 3. The van der Waals surface area contributed by atoms with Gasteiger partial charge in [-0.15, -0.1) is 0 Å². The maximum Gasteiger partial charge on any atom is 0.253 e. The third-order valence-corrected chi connectivity index (χ3v) is 4.01. The van der Waals surface area contributed by atoms with Gasteiger partial charge in [0, 0.05) is 28.3 Å². The Morgan fingerprint density at radius 1 is 1.36 bits per heavy atom. The first-order valence-corrected chi connectivity index (χ1v) is 7.58. The summed E-state index contributed by atoms with van der Waals surface area (Å²) >= 11 is 9.33. The molecule has 1 aromatic carbocycles. The maximum absolute atomic E-state index is 12.1. The van der Waals surface area contributed by atoms with Crippen molar-refractivity contribution < 1.29 is 9.59 Å². The third-order valence-electron chi connectivity index (χ3n) is 3.00. The molecule has 5 nitrogen and oxygen atoms in total. The molecule has 0 spiro atoms. The number of halogens is 2. The zero-order valence-electron chi connectivity index (χ0n) is 11.4. The second kappa shape index (κ2) is 7.38. The van der Waals surface area contributed by atoms with Gasteiger partial charge in [-0.1, -0.05) is 27.5 Å². The minimum Gasteiger partial charge on any atom is -0.368 e. The Bertz CT molecular complexity index is 694. The number of aromatic nitrogens is 1. The smallest absolute Gasteiger partial charge is 0.253 e. The molecule has 114 valence electrons. The molecule has 1 aromatic heterocycles. The van der Waals surface area contributed by atoms with Crippen molar-refractivity contribution in [2.75, 3.05) is 0 Å². The standard InChI is InChI=1S/C15H13BrClN3O2/c16-12-4-3-11(17)6-10(12)7-13(14(18)21)20-15(22)9-2-1-5-19-8-9/h1-6,8,13H,7H2,(H2,18,21)(H,20,22)/t13-/m1/s1. The average molecular weight is 383 g/mol. The van der Waals surface area contributed by atoms with Crippen molar-refractivity contribution in [2.45, 2.75) is 12.5 Å².